The highest BCUT2D eigenvalue weighted by Crippen LogP contribution is 2.38. The first-order chi connectivity index (χ1) is 12.2. The number of rotatable bonds is 5. The van der Waals surface area contributed by atoms with Gasteiger partial charge in [-0.25, -0.2) is 9.97 Å². The van der Waals surface area contributed by atoms with E-state index < -0.39 is 0 Å². The summed E-state index contributed by atoms with van der Waals surface area (Å²) in [4.78, 5) is 25.5. The van der Waals surface area contributed by atoms with E-state index in [2.05, 4.69) is 14.9 Å². The number of nitrogens with zero attached hydrogens (tertiary/aromatic N) is 4. The number of methoxy groups -OCH3 is 1. The molecule has 2 heterocycles. The largest absolute Gasteiger partial charge is 0.497 e. The van der Waals surface area contributed by atoms with E-state index in [4.69, 9.17) is 4.74 Å². The molecule has 0 unspecified atom stereocenters. The summed E-state index contributed by atoms with van der Waals surface area (Å²) >= 11 is 0. The second-order valence-corrected chi connectivity index (χ2v) is 6.64. The minimum atomic E-state index is 0.126. The molecule has 4 rings (SSSR count). The fourth-order valence-corrected chi connectivity index (χ4v) is 3.14. The summed E-state index contributed by atoms with van der Waals surface area (Å²) in [7, 11) is 1.65. The van der Waals surface area contributed by atoms with E-state index in [-0.39, 0.29) is 5.91 Å². The molecule has 0 atom stereocenters. The third kappa shape index (κ3) is 3.57. The average molecular weight is 338 g/mol. The van der Waals surface area contributed by atoms with Crippen molar-refractivity contribution in [2.45, 2.75) is 25.3 Å². The molecule has 130 valence electrons. The Bertz CT molecular complexity index is 776. The summed E-state index contributed by atoms with van der Waals surface area (Å²) in [6.07, 6.45) is 4.16. The number of amides is 1. The second kappa shape index (κ2) is 6.70. The van der Waals surface area contributed by atoms with Crippen molar-refractivity contribution in [3.05, 3.63) is 47.9 Å². The molecule has 25 heavy (non-hydrogen) atoms. The van der Waals surface area contributed by atoms with Crippen molar-refractivity contribution in [1.82, 2.24) is 14.9 Å². The topological polar surface area (TPSA) is 58.6 Å². The third-order valence-corrected chi connectivity index (χ3v) is 4.75. The zero-order valence-corrected chi connectivity index (χ0v) is 14.4. The normalized spacial score (nSPS) is 17.7. The molecule has 0 radical (unpaired) electrons. The smallest absolute Gasteiger partial charge is 0.242 e. The van der Waals surface area contributed by atoms with Crippen LogP contribution >= 0.6 is 0 Å². The molecule has 2 fully saturated rings. The zero-order valence-electron chi connectivity index (χ0n) is 14.4. The minimum absolute atomic E-state index is 0.126. The molecule has 1 aliphatic carbocycles. The van der Waals surface area contributed by atoms with Crippen molar-refractivity contribution in [3.63, 3.8) is 0 Å². The van der Waals surface area contributed by atoms with Gasteiger partial charge in [0.2, 0.25) is 5.91 Å². The van der Waals surface area contributed by atoms with Crippen molar-refractivity contribution in [3.8, 4) is 5.75 Å². The van der Waals surface area contributed by atoms with Gasteiger partial charge in [-0.2, -0.15) is 0 Å². The lowest BCUT2D eigenvalue weighted by atomic mass is 10.2. The Morgan fingerprint density at radius 1 is 1.24 bits per heavy atom. The van der Waals surface area contributed by atoms with Gasteiger partial charge in [0.1, 0.15) is 17.4 Å². The van der Waals surface area contributed by atoms with Gasteiger partial charge in [0, 0.05) is 31.7 Å². The van der Waals surface area contributed by atoms with Crippen LogP contribution in [0.3, 0.4) is 0 Å². The number of ether oxygens (including phenoxy) is 1. The number of hydrogen-bond donors (Lipinski definition) is 0. The average Bonchev–Trinajstić information content (AvgIpc) is 3.49. The molecule has 1 amide bonds. The van der Waals surface area contributed by atoms with Gasteiger partial charge in [-0.05, 0) is 36.6 Å². The lowest BCUT2D eigenvalue weighted by molar-refractivity contribution is -0.131. The maximum absolute atomic E-state index is 12.6. The number of hydrogen-bond acceptors (Lipinski definition) is 5. The highest BCUT2D eigenvalue weighted by atomic mass is 16.5. The Balaban J connectivity index is 1.41. The first kappa shape index (κ1) is 15.9. The van der Waals surface area contributed by atoms with Gasteiger partial charge in [-0.15, -0.1) is 0 Å². The number of aromatic nitrogens is 2. The van der Waals surface area contributed by atoms with Crippen LogP contribution in [0.1, 0.15) is 30.1 Å². The first-order valence-electron chi connectivity index (χ1n) is 8.71. The fraction of sp³-hybridized carbons (Fsp3) is 0.421. The summed E-state index contributed by atoms with van der Waals surface area (Å²) < 4.78 is 5.26. The van der Waals surface area contributed by atoms with Crippen LogP contribution in [0.4, 0.5) is 5.82 Å². The van der Waals surface area contributed by atoms with E-state index in [1.165, 1.54) is 12.8 Å². The van der Waals surface area contributed by atoms with Gasteiger partial charge < -0.3 is 14.5 Å². The van der Waals surface area contributed by atoms with Crippen LogP contribution < -0.4 is 9.64 Å². The number of benzene rings is 1. The van der Waals surface area contributed by atoms with Crippen molar-refractivity contribution in [1.29, 1.82) is 0 Å². The van der Waals surface area contributed by atoms with Crippen molar-refractivity contribution in [2.75, 3.05) is 31.6 Å². The zero-order chi connectivity index (χ0) is 17.2. The van der Waals surface area contributed by atoms with Crippen LogP contribution in [-0.2, 0) is 11.3 Å². The summed E-state index contributed by atoms with van der Waals surface area (Å²) in [6.45, 7) is 2.46. The Kier molecular flexibility index (Phi) is 4.26. The predicted octanol–water partition coefficient (Wildman–Crippen LogP) is 2.21. The van der Waals surface area contributed by atoms with Crippen LogP contribution in [0.25, 0.3) is 0 Å². The predicted molar refractivity (Wildman–Crippen MR) is 94.6 cm³/mol. The Hall–Kier alpha value is -2.63. The Morgan fingerprint density at radius 2 is 2.12 bits per heavy atom. The number of anilines is 1. The molecule has 6 nitrogen and oxygen atoms in total. The highest BCUT2D eigenvalue weighted by Gasteiger charge is 2.29. The molecular formula is C19H22N4O2. The molecule has 0 spiro atoms. The molecule has 1 aromatic heterocycles. The van der Waals surface area contributed by atoms with Crippen molar-refractivity contribution >= 4 is 11.7 Å². The van der Waals surface area contributed by atoms with E-state index in [0.717, 1.165) is 29.5 Å². The van der Waals surface area contributed by atoms with Crippen LogP contribution in [0.2, 0.25) is 0 Å². The maximum atomic E-state index is 12.6. The fourth-order valence-electron chi connectivity index (χ4n) is 3.14. The molecule has 2 aromatic rings. The number of carbonyl (C=O) groups is 1. The molecule has 1 aromatic carbocycles. The van der Waals surface area contributed by atoms with E-state index in [0.29, 0.717) is 25.6 Å². The molecule has 6 heteroatoms. The monoisotopic (exact) mass is 338 g/mol. The van der Waals surface area contributed by atoms with Crippen molar-refractivity contribution in [2.24, 2.45) is 0 Å². The Morgan fingerprint density at radius 3 is 2.88 bits per heavy atom. The number of piperazine rings is 1. The second-order valence-electron chi connectivity index (χ2n) is 6.64. The molecule has 0 bridgehead atoms. The molecule has 1 saturated heterocycles. The van der Waals surface area contributed by atoms with Gasteiger partial charge in [0.25, 0.3) is 0 Å². The lowest BCUT2D eigenvalue weighted by Gasteiger charge is -2.35. The van der Waals surface area contributed by atoms with E-state index >= 15 is 0 Å². The van der Waals surface area contributed by atoms with E-state index in [9.17, 15) is 4.79 Å². The molecule has 1 saturated carbocycles. The molecule has 2 aliphatic rings. The summed E-state index contributed by atoms with van der Waals surface area (Å²) in [5, 5.41) is 0. The standard InChI is InChI=1S/C19H22N4O2/c1-25-16-4-2-3-14(11-16)12-23-10-9-22(13-18(23)24)17-7-8-20-19(21-17)15-5-6-15/h2-4,7-8,11,15H,5-6,9-10,12-13H2,1H3. The van der Waals surface area contributed by atoms with E-state index in [1.807, 2.05) is 41.4 Å². The molecular weight excluding hydrogens is 316 g/mol. The van der Waals surface area contributed by atoms with Crippen LogP contribution in [0.15, 0.2) is 36.5 Å². The summed E-state index contributed by atoms with van der Waals surface area (Å²) in [5.74, 6) is 3.25. The summed E-state index contributed by atoms with van der Waals surface area (Å²) in [5.41, 5.74) is 1.08. The van der Waals surface area contributed by atoms with Gasteiger partial charge in [-0.3, -0.25) is 4.79 Å². The lowest BCUT2D eigenvalue weighted by Crippen LogP contribution is -2.50. The van der Waals surface area contributed by atoms with Gasteiger partial charge in [-0.1, -0.05) is 12.1 Å². The summed E-state index contributed by atoms with van der Waals surface area (Å²) in [6, 6.07) is 9.77. The van der Waals surface area contributed by atoms with E-state index in [1.54, 1.807) is 7.11 Å². The first-order valence-corrected chi connectivity index (χ1v) is 8.71. The SMILES string of the molecule is COc1cccc(CN2CCN(c3ccnc(C4CC4)n3)CC2=O)c1. The van der Waals surface area contributed by atoms with Gasteiger partial charge in [0.05, 0.1) is 13.7 Å². The van der Waals surface area contributed by atoms with Crippen molar-refractivity contribution < 1.29 is 9.53 Å². The molecule has 0 N–H and O–H groups in total. The van der Waals surface area contributed by atoms with Gasteiger partial charge in [0.15, 0.2) is 0 Å². The number of carbonyl (C=O) groups excluding carboxylic acids is 1. The highest BCUT2D eigenvalue weighted by molar-refractivity contribution is 5.82. The quantitative estimate of drug-likeness (QED) is 0.837. The van der Waals surface area contributed by atoms with Gasteiger partial charge >= 0.3 is 0 Å². The Labute approximate surface area is 147 Å². The van der Waals surface area contributed by atoms with Crippen LogP contribution in [0.5, 0.6) is 5.75 Å². The minimum Gasteiger partial charge on any atom is -0.497 e. The van der Waals surface area contributed by atoms with Crippen LogP contribution in [-0.4, -0.2) is 47.5 Å². The van der Waals surface area contributed by atoms with Crippen LogP contribution in [0, 0.1) is 0 Å². The maximum Gasteiger partial charge on any atom is 0.242 e. The molecule has 1 aliphatic heterocycles. The third-order valence-electron chi connectivity index (χ3n) is 4.75.